The van der Waals surface area contributed by atoms with Crippen LogP contribution < -0.4 is 0 Å². The summed E-state index contributed by atoms with van der Waals surface area (Å²) in [5.74, 6) is 0. The van der Waals surface area contributed by atoms with Gasteiger partial charge in [0.05, 0.1) is 33.1 Å². The normalized spacial score (nSPS) is 12.0. The van der Waals surface area contributed by atoms with Crippen LogP contribution >= 0.6 is 0 Å². The van der Waals surface area contributed by atoms with E-state index in [1.54, 1.807) is 0 Å². The summed E-state index contributed by atoms with van der Waals surface area (Å²) >= 11 is 0. The summed E-state index contributed by atoms with van der Waals surface area (Å²) in [6, 6.07) is 56.4. The Labute approximate surface area is 258 Å². The largest absolute Gasteiger partial charge is 0.456 e. The first-order valence-corrected chi connectivity index (χ1v) is 15.4. The number of hydrogen-bond donors (Lipinski definition) is 0. The highest BCUT2D eigenvalue weighted by Crippen LogP contribution is 2.44. The van der Waals surface area contributed by atoms with E-state index in [0.29, 0.717) is 0 Å². The zero-order valence-corrected chi connectivity index (χ0v) is 24.3. The fourth-order valence-electron chi connectivity index (χ4n) is 7.44. The Morgan fingerprint density at radius 3 is 1.71 bits per heavy atom. The second-order valence-corrected chi connectivity index (χ2v) is 11.7. The molecule has 0 saturated heterocycles. The minimum absolute atomic E-state index is 0.889. The second kappa shape index (κ2) is 9.22. The Balaban J connectivity index is 1.35. The van der Waals surface area contributed by atoms with E-state index in [9.17, 15) is 0 Å². The molecular weight excluding hydrogens is 548 g/mol. The summed E-state index contributed by atoms with van der Waals surface area (Å²) in [6.45, 7) is 0. The van der Waals surface area contributed by atoms with Gasteiger partial charge in [-0.3, -0.25) is 0 Å². The Hall–Kier alpha value is -6.06. The summed E-state index contributed by atoms with van der Waals surface area (Å²) in [7, 11) is 0. The van der Waals surface area contributed by atoms with Gasteiger partial charge < -0.3 is 13.6 Å². The summed E-state index contributed by atoms with van der Waals surface area (Å²) in [4.78, 5) is 0. The second-order valence-electron chi connectivity index (χ2n) is 11.7. The van der Waals surface area contributed by atoms with Crippen molar-refractivity contribution in [2.24, 2.45) is 0 Å². The minimum Gasteiger partial charge on any atom is -0.456 e. The van der Waals surface area contributed by atoms with Gasteiger partial charge in [0.25, 0.3) is 0 Å². The number of furan rings is 1. The first kappa shape index (κ1) is 24.4. The van der Waals surface area contributed by atoms with Gasteiger partial charge in [-0.05, 0) is 71.8 Å². The molecule has 0 atom stereocenters. The monoisotopic (exact) mass is 574 g/mol. The lowest BCUT2D eigenvalue weighted by atomic mass is 10.0. The molecule has 0 N–H and O–H groups in total. The van der Waals surface area contributed by atoms with Crippen molar-refractivity contribution >= 4 is 65.6 Å². The first-order valence-electron chi connectivity index (χ1n) is 15.4. The number of rotatable bonds is 3. The third-order valence-corrected chi connectivity index (χ3v) is 9.31. The molecule has 0 aliphatic heterocycles. The van der Waals surface area contributed by atoms with Gasteiger partial charge in [0.1, 0.15) is 11.2 Å². The Bertz CT molecular complexity index is 2740. The lowest BCUT2D eigenvalue weighted by Crippen LogP contribution is -1.95. The number of hydrogen-bond acceptors (Lipinski definition) is 1. The molecule has 3 heterocycles. The first-order chi connectivity index (χ1) is 22.3. The summed E-state index contributed by atoms with van der Waals surface area (Å²) < 4.78 is 11.3. The van der Waals surface area contributed by atoms with Crippen LogP contribution in [0.15, 0.2) is 162 Å². The van der Waals surface area contributed by atoms with Crippen LogP contribution in [0.5, 0.6) is 0 Å². The summed E-state index contributed by atoms with van der Waals surface area (Å²) in [6.07, 6.45) is 0. The van der Waals surface area contributed by atoms with Gasteiger partial charge in [-0.25, -0.2) is 0 Å². The molecule has 0 aliphatic rings. The molecule has 210 valence electrons. The highest BCUT2D eigenvalue weighted by molar-refractivity contribution is 6.29. The standard InChI is InChI=1S/C42H26N2O/c1-3-12-27(13-4-1)28-22-25-38-32(26-28)40-35(20-11-21-39(40)45-38)44-34-19-10-8-17-31(34)42-37(44)24-23-36-41(42)30-16-7-9-18-33(30)43(36)29-14-5-2-6-15-29/h1-26H. The number of para-hydroxylation sites is 3. The van der Waals surface area contributed by atoms with E-state index >= 15 is 0 Å². The molecule has 0 aliphatic carbocycles. The molecular formula is C42H26N2O. The number of fused-ring (bicyclic) bond motifs is 10. The van der Waals surface area contributed by atoms with Gasteiger partial charge in [-0.2, -0.15) is 0 Å². The number of nitrogens with zero attached hydrogens (tertiary/aromatic N) is 2. The third kappa shape index (κ3) is 3.41. The van der Waals surface area contributed by atoms with Crippen LogP contribution in [-0.4, -0.2) is 9.13 Å². The van der Waals surface area contributed by atoms with Gasteiger partial charge in [0.15, 0.2) is 0 Å². The van der Waals surface area contributed by atoms with Gasteiger partial charge in [0.2, 0.25) is 0 Å². The lowest BCUT2D eigenvalue weighted by molar-refractivity contribution is 0.669. The van der Waals surface area contributed by atoms with E-state index in [1.165, 1.54) is 54.7 Å². The van der Waals surface area contributed by atoms with Crippen LogP contribution in [0.1, 0.15) is 0 Å². The average Bonchev–Trinajstić information content (AvgIpc) is 3.76. The van der Waals surface area contributed by atoms with Crippen molar-refractivity contribution in [3.05, 3.63) is 158 Å². The highest BCUT2D eigenvalue weighted by Gasteiger charge is 2.22. The quantitative estimate of drug-likeness (QED) is 0.206. The Kier molecular flexibility index (Phi) is 5.00. The Morgan fingerprint density at radius 2 is 0.978 bits per heavy atom. The molecule has 0 saturated carbocycles. The third-order valence-electron chi connectivity index (χ3n) is 9.31. The molecule has 3 nitrogen and oxygen atoms in total. The molecule has 45 heavy (non-hydrogen) atoms. The average molecular weight is 575 g/mol. The van der Waals surface area contributed by atoms with E-state index in [0.717, 1.165) is 33.3 Å². The van der Waals surface area contributed by atoms with Crippen LogP contribution in [0, 0.1) is 0 Å². The topological polar surface area (TPSA) is 23.0 Å². The maximum atomic E-state index is 6.47. The predicted octanol–water partition coefficient (Wildman–Crippen LogP) is 11.4. The predicted molar refractivity (Wildman–Crippen MR) is 188 cm³/mol. The van der Waals surface area contributed by atoms with E-state index in [-0.39, 0.29) is 0 Å². The van der Waals surface area contributed by atoms with Crippen LogP contribution in [0.2, 0.25) is 0 Å². The minimum atomic E-state index is 0.889. The van der Waals surface area contributed by atoms with Gasteiger partial charge in [0, 0.05) is 32.6 Å². The molecule has 0 unspecified atom stereocenters. The highest BCUT2D eigenvalue weighted by atomic mass is 16.3. The summed E-state index contributed by atoms with van der Waals surface area (Å²) in [5.41, 5.74) is 11.2. The smallest absolute Gasteiger partial charge is 0.137 e. The maximum absolute atomic E-state index is 6.47. The molecule has 0 bridgehead atoms. The van der Waals surface area contributed by atoms with Crippen molar-refractivity contribution in [2.75, 3.05) is 0 Å². The summed E-state index contributed by atoms with van der Waals surface area (Å²) in [5, 5.41) is 7.28. The molecule has 10 rings (SSSR count). The molecule has 0 radical (unpaired) electrons. The van der Waals surface area contributed by atoms with Gasteiger partial charge >= 0.3 is 0 Å². The zero-order chi connectivity index (χ0) is 29.5. The SMILES string of the molecule is c1ccc(-c2ccc3oc4cccc(-n5c6ccccc6c6c7c8ccccc8n(-c8ccccc8)c7ccc65)c4c3c2)cc1. The van der Waals surface area contributed by atoms with Crippen molar-refractivity contribution in [1.82, 2.24) is 9.13 Å². The molecule has 0 spiro atoms. The lowest BCUT2D eigenvalue weighted by Gasteiger charge is -2.10. The van der Waals surface area contributed by atoms with E-state index < -0.39 is 0 Å². The van der Waals surface area contributed by atoms with Crippen molar-refractivity contribution in [1.29, 1.82) is 0 Å². The van der Waals surface area contributed by atoms with Crippen LogP contribution in [-0.2, 0) is 0 Å². The fraction of sp³-hybridized carbons (Fsp3) is 0. The van der Waals surface area contributed by atoms with Crippen molar-refractivity contribution in [3.63, 3.8) is 0 Å². The molecule has 0 amide bonds. The zero-order valence-electron chi connectivity index (χ0n) is 24.3. The molecule has 7 aromatic carbocycles. The van der Waals surface area contributed by atoms with Gasteiger partial charge in [-0.1, -0.05) is 97.1 Å². The molecule has 3 heteroatoms. The van der Waals surface area contributed by atoms with E-state index in [1.807, 2.05) is 0 Å². The number of aromatic nitrogens is 2. The van der Waals surface area contributed by atoms with E-state index in [2.05, 4.69) is 167 Å². The molecule has 0 fully saturated rings. The van der Waals surface area contributed by atoms with E-state index in [4.69, 9.17) is 4.42 Å². The maximum Gasteiger partial charge on any atom is 0.137 e. The van der Waals surface area contributed by atoms with Crippen LogP contribution in [0.25, 0.3) is 88.1 Å². The molecule has 10 aromatic rings. The fourth-order valence-corrected chi connectivity index (χ4v) is 7.44. The van der Waals surface area contributed by atoms with Crippen LogP contribution in [0.3, 0.4) is 0 Å². The molecule has 3 aromatic heterocycles. The van der Waals surface area contributed by atoms with Crippen molar-refractivity contribution in [2.45, 2.75) is 0 Å². The van der Waals surface area contributed by atoms with Gasteiger partial charge in [-0.15, -0.1) is 0 Å². The Morgan fingerprint density at radius 1 is 0.356 bits per heavy atom. The van der Waals surface area contributed by atoms with Crippen LogP contribution in [0.4, 0.5) is 0 Å². The van der Waals surface area contributed by atoms with Crippen molar-refractivity contribution in [3.8, 4) is 22.5 Å². The van der Waals surface area contributed by atoms with Crippen molar-refractivity contribution < 1.29 is 4.42 Å². The number of benzene rings is 7.